The molecule has 27 heavy (non-hydrogen) atoms. The summed E-state index contributed by atoms with van der Waals surface area (Å²) in [5.41, 5.74) is 0.772. The van der Waals surface area contributed by atoms with Crippen LogP contribution >= 0.6 is 11.8 Å². The van der Waals surface area contributed by atoms with Crippen molar-refractivity contribution >= 4 is 29.3 Å². The van der Waals surface area contributed by atoms with E-state index in [1.165, 1.54) is 39.0 Å². The van der Waals surface area contributed by atoms with Crippen LogP contribution in [0.15, 0.2) is 29.2 Å². The highest BCUT2D eigenvalue weighted by Crippen LogP contribution is 2.25. The summed E-state index contributed by atoms with van der Waals surface area (Å²) >= 11 is 1.54. The Kier molecular flexibility index (Phi) is 9.15. The first-order chi connectivity index (χ1) is 13.0. The molecule has 0 saturated carbocycles. The second-order valence-electron chi connectivity index (χ2n) is 7.25. The Morgan fingerprint density at radius 1 is 1.26 bits per heavy atom. The van der Waals surface area contributed by atoms with Crippen LogP contribution in [-0.4, -0.2) is 47.6 Å². The molecule has 1 aromatic carbocycles. The Labute approximate surface area is 167 Å². The molecule has 5 nitrogen and oxygen atoms in total. The Hall–Kier alpha value is -1.53. The van der Waals surface area contributed by atoms with Crippen LogP contribution in [-0.2, 0) is 9.59 Å². The van der Waals surface area contributed by atoms with Crippen LogP contribution in [0.4, 0.5) is 5.69 Å². The molecule has 1 aromatic rings. The number of benzene rings is 1. The Bertz CT molecular complexity index is 606. The summed E-state index contributed by atoms with van der Waals surface area (Å²) in [7, 11) is 0. The standard InChI is InChI=1S/C21H33N3O2S/c1-4-5-13-24-14-7-6-8-19(24)15-22-21(26)16(2)27-20-11-9-18(10-12-20)23-17(3)25/h9-12,16,19H,4-8,13-15H2,1-3H3,(H,22,26)(H,23,25). The molecule has 0 bridgehead atoms. The van der Waals surface area contributed by atoms with Gasteiger partial charge in [-0.25, -0.2) is 0 Å². The molecular weight excluding hydrogens is 358 g/mol. The number of anilines is 1. The second kappa shape index (κ2) is 11.3. The third kappa shape index (κ3) is 7.54. The lowest BCUT2D eigenvalue weighted by Crippen LogP contribution is -2.48. The van der Waals surface area contributed by atoms with Gasteiger partial charge < -0.3 is 10.6 Å². The number of thioether (sulfide) groups is 1. The number of unbranched alkanes of at least 4 members (excludes halogenated alkanes) is 1. The lowest BCUT2D eigenvalue weighted by Gasteiger charge is -2.36. The van der Waals surface area contributed by atoms with Crippen molar-refractivity contribution in [2.45, 2.75) is 69.1 Å². The van der Waals surface area contributed by atoms with Gasteiger partial charge in [-0.1, -0.05) is 19.8 Å². The summed E-state index contributed by atoms with van der Waals surface area (Å²) in [6.45, 7) is 8.70. The van der Waals surface area contributed by atoms with Gasteiger partial charge in [0.2, 0.25) is 11.8 Å². The summed E-state index contributed by atoms with van der Waals surface area (Å²) in [6.07, 6.45) is 6.15. The maximum Gasteiger partial charge on any atom is 0.233 e. The van der Waals surface area contributed by atoms with Gasteiger partial charge in [-0.2, -0.15) is 0 Å². The van der Waals surface area contributed by atoms with Gasteiger partial charge in [0.1, 0.15) is 0 Å². The number of hydrogen-bond acceptors (Lipinski definition) is 4. The molecule has 2 N–H and O–H groups in total. The highest BCUT2D eigenvalue weighted by atomic mass is 32.2. The van der Waals surface area contributed by atoms with Crippen molar-refractivity contribution in [3.8, 4) is 0 Å². The zero-order valence-corrected chi connectivity index (χ0v) is 17.6. The molecule has 0 aliphatic carbocycles. The van der Waals surface area contributed by atoms with Gasteiger partial charge in [-0.05, 0) is 63.5 Å². The molecular formula is C21H33N3O2S. The molecule has 0 radical (unpaired) electrons. The monoisotopic (exact) mass is 391 g/mol. The van der Waals surface area contributed by atoms with E-state index in [4.69, 9.17) is 0 Å². The van der Waals surface area contributed by atoms with Gasteiger partial charge >= 0.3 is 0 Å². The maximum atomic E-state index is 12.5. The average molecular weight is 392 g/mol. The first kappa shape index (κ1) is 21.8. The Balaban J connectivity index is 1.79. The second-order valence-corrected chi connectivity index (χ2v) is 8.66. The summed E-state index contributed by atoms with van der Waals surface area (Å²) < 4.78 is 0. The molecule has 6 heteroatoms. The van der Waals surface area contributed by atoms with Gasteiger partial charge in [0, 0.05) is 30.1 Å². The number of carbonyl (C=O) groups is 2. The third-order valence-corrected chi connectivity index (χ3v) is 6.03. The summed E-state index contributed by atoms with van der Waals surface area (Å²) in [6, 6.07) is 8.08. The molecule has 0 aromatic heterocycles. The predicted octanol–water partition coefficient (Wildman–Crippen LogP) is 3.90. The number of nitrogens with one attached hydrogen (secondary N) is 2. The van der Waals surface area contributed by atoms with E-state index in [2.05, 4.69) is 22.5 Å². The highest BCUT2D eigenvalue weighted by Gasteiger charge is 2.23. The number of nitrogens with zero attached hydrogens (tertiary/aromatic N) is 1. The van der Waals surface area contributed by atoms with Crippen molar-refractivity contribution in [2.24, 2.45) is 0 Å². The molecule has 1 aliphatic rings. The highest BCUT2D eigenvalue weighted by molar-refractivity contribution is 8.00. The van der Waals surface area contributed by atoms with Gasteiger partial charge in [-0.15, -0.1) is 11.8 Å². The van der Waals surface area contributed by atoms with E-state index in [9.17, 15) is 9.59 Å². The maximum absolute atomic E-state index is 12.5. The SMILES string of the molecule is CCCCN1CCCCC1CNC(=O)C(C)Sc1ccc(NC(C)=O)cc1. The zero-order chi connectivity index (χ0) is 19.6. The van der Waals surface area contributed by atoms with Gasteiger partial charge in [0.15, 0.2) is 0 Å². The number of rotatable bonds is 9. The van der Waals surface area contributed by atoms with E-state index in [1.54, 1.807) is 11.8 Å². The van der Waals surface area contributed by atoms with E-state index in [1.807, 2.05) is 31.2 Å². The summed E-state index contributed by atoms with van der Waals surface area (Å²) in [5.74, 6) is 0.00537. The summed E-state index contributed by atoms with van der Waals surface area (Å²) in [5, 5.41) is 5.76. The summed E-state index contributed by atoms with van der Waals surface area (Å²) in [4.78, 5) is 27.2. The van der Waals surface area contributed by atoms with Crippen molar-refractivity contribution in [2.75, 3.05) is 25.0 Å². The Morgan fingerprint density at radius 2 is 2.00 bits per heavy atom. The fraction of sp³-hybridized carbons (Fsp3) is 0.619. The van der Waals surface area contributed by atoms with Crippen LogP contribution in [0.1, 0.15) is 52.9 Å². The number of amides is 2. The number of carbonyl (C=O) groups excluding carboxylic acids is 2. The minimum absolute atomic E-state index is 0.0844. The van der Waals surface area contributed by atoms with Crippen LogP contribution in [0.5, 0.6) is 0 Å². The first-order valence-electron chi connectivity index (χ1n) is 10.1. The normalized spacial score (nSPS) is 18.7. The van der Waals surface area contributed by atoms with Crippen molar-refractivity contribution in [3.63, 3.8) is 0 Å². The number of piperidine rings is 1. The minimum atomic E-state index is -0.149. The van der Waals surface area contributed by atoms with Crippen LogP contribution in [0.25, 0.3) is 0 Å². The lowest BCUT2D eigenvalue weighted by molar-refractivity contribution is -0.120. The van der Waals surface area contributed by atoms with Crippen molar-refractivity contribution in [3.05, 3.63) is 24.3 Å². The largest absolute Gasteiger partial charge is 0.354 e. The molecule has 1 fully saturated rings. The van der Waals surface area contributed by atoms with Crippen LogP contribution < -0.4 is 10.6 Å². The first-order valence-corrected chi connectivity index (χ1v) is 10.9. The van der Waals surface area contributed by atoms with Gasteiger partial charge in [0.25, 0.3) is 0 Å². The Morgan fingerprint density at radius 3 is 2.67 bits per heavy atom. The molecule has 2 unspecified atom stereocenters. The molecule has 2 atom stereocenters. The van der Waals surface area contributed by atoms with Gasteiger partial charge in [-0.3, -0.25) is 14.5 Å². The number of likely N-dealkylation sites (tertiary alicyclic amines) is 1. The third-order valence-electron chi connectivity index (χ3n) is 4.92. The molecule has 2 rings (SSSR count). The number of hydrogen-bond donors (Lipinski definition) is 2. The smallest absolute Gasteiger partial charge is 0.233 e. The topological polar surface area (TPSA) is 61.4 Å². The van der Waals surface area contributed by atoms with E-state index in [0.29, 0.717) is 6.04 Å². The predicted molar refractivity (Wildman–Crippen MR) is 113 cm³/mol. The van der Waals surface area contributed by atoms with Crippen LogP contribution in [0.2, 0.25) is 0 Å². The fourth-order valence-electron chi connectivity index (χ4n) is 3.39. The van der Waals surface area contributed by atoms with E-state index in [0.717, 1.165) is 30.2 Å². The van der Waals surface area contributed by atoms with E-state index < -0.39 is 0 Å². The molecule has 1 aliphatic heterocycles. The lowest BCUT2D eigenvalue weighted by atomic mass is 10.0. The quantitative estimate of drug-likeness (QED) is 0.627. The van der Waals surface area contributed by atoms with E-state index in [-0.39, 0.29) is 17.1 Å². The molecule has 150 valence electrons. The molecule has 1 saturated heterocycles. The van der Waals surface area contributed by atoms with Crippen molar-refractivity contribution in [1.82, 2.24) is 10.2 Å². The average Bonchev–Trinajstić information content (AvgIpc) is 2.66. The molecule has 0 spiro atoms. The van der Waals surface area contributed by atoms with Gasteiger partial charge in [0.05, 0.1) is 5.25 Å². The molecule has 1 heterocycles. The minimum Gasteiger partial charge on any atom is -0.354 e. The molecule has 2 amide bonds. The van der Waals surface area contributed by atoms with Crippen molar-refractivity contribution < 1.29 is 9.59 Å². The fourth-order valence-corrected chi connectivity index (χ4v) is 4.28. The zero-order valence-electron chi connectivity index (χ0n) is 16.8. The van der Waals surface area contributed by atoms with Crippen molar-refractivity contribution in [1.29, 1.82) is 0 Å². The van der Waals surface area contributed by atoms with E-state index >= 15 is 0 Å². The van der Waals surface area contributed by atoms with Crippen LogP contribution in [0.3, 0.4) is 0 Å². The van der Waals surface area contributed by atoms with Crippen LogP contribution in [0, 0.1) is 0 Å².